The number of carbonyl (C=O) groups excluding carboxylic acids is 1. The highest BCUT2D eigenvalue weighted by molar-refractivity contribution is 5.69. The van der Waals surface area contributed by atoms with Gasteiger partial charge in [-0.2, -0.15) is 0 Å². The van der Waals surface area contributed by atoms with Crippen LogP contribution in [0.3, 0.4) is 0 Å². The third-order valence-electron chi connectivity index (χ3n) is 4.97. The number of carbonyl (C=O) groups is 1. The van der Waals surface area contributed by atoms with Gasteiger partial charge in [-0.15, -0.1) is 0 Å². The fraction of sp³-hybridized carbons (Fsp3) is 0.458. The van der Waals surface area contributed by atoms with E-state index in [0.717, 1.165) is 29.7 Å². The Kier molecular flexibility index (Phi) is 6.80. The Balaban J connectivity index is 1.84. The molecular weight excluding hydrogens is 366 g/mol. The van der Waals surface area contributed by atoms with Crippen LogP contribution in [0.2, 0.25) is 0 Å². The van der Waals surface area contributed by atoms with Crippen LogP contribution >= 0.6 is 0 Å². The van der Waals surface area contributed by atoms with Gasteiger partial charge >= 0.3 is 6.09 Å². The van der Waals surface area contributed by atoms with Crippen LogP contribution in [0, 0.1) is 0 Å². The zero-order chi connectivity index (χ0) is 20.9. The normalized spacial score (nSPS) is 19.7. The van der Waals surface area contributed by atoms with Crippen LogP contribution in [-0.4, -0.2) is 36.4 Å². The lowest BCUT2D eigenvalue weighted by Gasteiger charge is -2.41. The first-order valence-corrected chi connectivity index (χ1v) is 10.2. The Morgan fingerprint density at radius 2 is 1.76 bits per heavy atom. The predicted octanol–water partition coefficient (Wildman–Crippen LogP) is 5.35. The third-order valence-corrected chi connectivity index (χ3v) is 4.97. The molecule has 0 spiro atoms. The van der Waals surface area contributed by atoms with Gasteiger partial charge in [0.25, 0.3) is 0 Å². The average molecular weight is 398 g/mol. The van der Waals surface area contributed by atoms with Crippen LogP contribution in [0.4, 0.5) is 4.79 Å². The highest BCUT2D eigenvalue weighted by atomic mass is 16.6. The van der Waals surface area contributed by atoms with Crippen molar-refractivity contribution in [2.45, 2.75) is 58.0 Å². The van der Waals surface area contributed by atoms with Crippen molar-refractivity contribution in [3.05, 3.63) is 65.7 Å². The minimum atomic E-state index is -0.542. The molecule has 1 heterocycles. The van der Waals surface area contributed by atoms with Gasteiger partial charge in [-0.05, 0) is 56.9 Å². The third kappa shape index (κ3) is 5.73. The van der Waals surface area contributed by atoms with Crippen molar-refractivity contribution in [2.24, 2.45) is 0 Å². The topological polar surface area (TPSA) is 48.0 Å². The summed E-state index contributed by atoms with van der Waals surface area (Å²) < 4.78 is 17.3. The Labute approximate surface area is 173 Å². The monoisotopic (exact) mass is 397 g/mol. The van der Waals surface area contributed by atoms with Crippen molar-refractivity contribution in [1.82, 2.24) is 4.90 Å². The summed E-state index contributed by atoms with van der Waals surface area (Å²) in [6, 6.07) is 17.8. The summed E-state index contributed by atoms with van der Waals surface area (Å²) >= 11 is 0. The molecule has 0 saturated carbocycles. The number of ether oxygens (including phenoxy) is 3. The Morgan fingerprint density at radius 3 is 2.38 bits per heavy atom. The van der Waals surface area contributed by atoms with E-state index in [0.29, 0.717) is 13.2 Å². The van der Waals surface area contributed by atoms with E-state index in [1.165, 1.54) is 0 Å². The van der Waals surface area contributed by atoms with Gasteiger partial charge in [0.2, 0.25) is 0 Å². The van der Waals surface area contributed by atoms with Crippen LogP contribution in [0.15, 0.2) is 54.6 Å². The summed E-state index contributed by atoms with van der Waals surface area (Å²) in [6.07, 6.45) is 1.37. The second kappa shape index (κ2) is 9.31. The number of piperidine rings is 1. The smallest absolute Gasteiger partial charge is 0.410 e. The lowest BCUT2D eigenvalue weighted by atomic mass is 9.92. The van der Waals surface area contributed by atoms with Crippen molar-refractivity contribution < 1.29 is 19.0 Å². The molecule has 5 heteroatoms. The zero-order valence-electron chi connectivity index (χ0n) is 17.8. The fourth-order valence-corrected chi connectivity index (χ4v) is 3.63. The van der Waals surface area contributed by atoms with Crippen LogP contribution in [0.25, 0.3) is 0 Å². The first-order valence-electron chi connectivity index (χ1n) is 10.2. The first-order chi connectivity index (χ1) is 13.9. The first kappa shape index (κ1) is 21.2. The molecule has 1 fully saturated rings. The molecule has 0 N–H and O–H groups in total. The van der Waals surface area contributed by atoms with E-state index in [1.807, 2.05) is 68.1 Å². The largest absolute Gasteiger partial charge is 0.497 e. The molecule has 1 saturated heterocycles. The molecule has 1 aliphatic rings. The standard InChI is InChI=1S/C24H31NO4/c1-24(2,3)29-23(26)25-16-8-11-21(28-17-18-9-6-5-7-10-18)22(25)19-12-14-20(27-4)15-13-19/h5-7,9-10,12-15,21-22H,8,11,16-17H2,1-4H3/t21-,22+/m0/s1. The molecule has 2 aromatic rings. The summed E-state index contributed by atoms with van der Waals surface area (Å²) in [5, 5.41) is 0. The van der Waals surface area contributed by atoms with E-state index in [-0.39, 0.29) is 18.2 Å². The second-order valence-corrected chi connectivity index (χ2v) is 8.37. The molecule has 2 aromatic carbocycles. The van der Waals surface area contributed by atoms with Gasteiger partial charge in [0.1, 0.15) is 11.4 Å². The molecule has 1 aliphatic heterocycles. The predicted molar refractivity (Wildman–Crippen MR) is 113 cm³/mol. The molecule has 156 valence electrons. The lowest BCUT2D eigenvalue weighted by Crippen LogP contribution is -2.47. The van der Waals surface area contributed by atoms with Crippen LogP contribution in [-0.2, 0) is 16.1 Å². The molecule has 0 aromatic heterocycles. The minimum absolute atomic E-state index is 0.107. The van der Waals surface area contributed by atoms with E-state index in [2.05, 4.69) is 12.1 Å². The van der Waals surface area contributed by atoms with Gasteiger partial charge in [0, 0.05) is 6.54 Å². The van der Waals surface area contributed by atoms with Gasteiger partial charge < -0.3 is 14.2 Å². The molecule has 0 radical (unpaired) electrons. The number of nitrogens with zero attached hydrogens (tertiary/aromatic N) is 1. The van der Waals surface area contributed by atoms with Crippen molar-refractivity contribution in [3.8, 4) is 5.75 Å². The summed E-state index contributed by atoms with van der Waals surface area (Å²) in [5.74, 6) is 0.787. The van der Waals surface area contributed by atoms with Crippen molar-refractivity contribution in [1.29, 1.82) is 0 Å². The SMILES string of the molecule is COc1ccc([C@@H]2[C@@H](OCc3ccccc3)CCCN2C(=O)OC(C)(C)C)cc1. The van der Waals surface area contributed by atoms with Crippen molar-refractivity contribution >= 4 is 6.09 Å². The summed E-state index contributed by atoms with van der Waals surface area (Å²) in [4.78, 5) is 14.8. The highest BCUT2D eigenvalue weighted by Crippen LogP contribution is 2.35. The maximum Gasteiger partial charge on any atom is 0.410 e. The van der Waals surface area contributed by atoms with E-state index in [9.17, 15) is 4.79 Å². The maximum atomic E-state index is 13.0. The second-order valence-electron chi connectivity index (χ2n) is 8.37. The molecule has 0 unspecified atom stereocenters. The van der Waals surface area contributed by atoms with Gasteiger partial charge in [-0.3, -0.25) is 4.90 Å². The van der Waals surface area contributed by atoms with Crippen LogP contribution in [0.1, 0.15) is 50.8 Å². The molecule has 3 rings (SSSR count). The number of rotatable bonds is 5. The van der Waals surface area contributed by atoms with Crippen LogP contribution in [0.5, 0.6) is 5.75 Å². The highest BCUT2D eigenvalue weighted by Gasteiger charge is 2.38. The van der Waals surface area contributed by atoms with Gasteiger partial charge in [-0.1, -0.05) is 42.5 Å². The Morgan fingerprint density at radius 1 is 1.07 bits per heavy atom. The minimum Gasteiger partial charge on any atom is -0.497 e. The van der Waals surface area contributed by atoms with E-state index in [4.69, 9.17) is 14.2 Å². The van der Waals surface area contributed by atoms with E-state index < -0.39 is 5.60 Å². The summed E-state index contributed by atoms with van der Waals surface area (Å²) in [7, 11) is 1.65. The lowest BCUT2D eigenvalue weighted by molar-refractivity contribution is -0.0600. The molecule has 0 bridgehead atoms. The van der Waals surface area contributed by atoms with Gasteiger partial charge in [0.15, 0.2) is 0 Å². The maximum absolute atomic E-state index is 13.0. The van der Waals surface area contributed by atoms with Crippen molar-refractivity contribution in [2.75, 3.05) is 13.7 Å². The Hall–Kier alpha value is -2.53. The number of likely N-dealkylation sites (tertiary alicyclic amines) is 1. The fourth-order valence-electron chi connectivity index (χ4n) is 3.63. The number of hydrogen-bond acceptors (Lipinski definition) is 4. The summed E-state index contributed by atoms with van der Waals surface area (Å²) in [5.41, 5.74) is 1.60. The van der Waals surface area contributed by atoms with Gasteiger partial charge in [-0.25, -0.2) is 4.79 Å². The average Bonchev–Trinajstić information content (AvgIpc) is 2.71. The van der Waals surface area contributed by atoms with E-state index in [1.54, 1.807) is 7.11 Å². The van der Waals surface area contributed by atoms with E-state index >= 15 is 0 Å². The number of amides is 1. The zero-order valence-corrected chi connectivity index (χ0v) is 17.8. The number of benzene rings is 2. The summed E-state index contributed by atoms with van der Waals surface area (Å²) in [6.45, 7) is 6.83. The van der Waals surface area contributed by atoms with Gasteiger partial charge in [0.05, 0.1) is 25.9 Å². The Bertz CT molecular complexity index is 783. The van der Waals surface area contributed by atoms with Crippen molar-refractivity contribution in [3.63, 3.8) is 0 Å². The number of hydrogen-bond donors (Lipinski definition) is 0. The quantitative estimate of drug-likeness (QED) is 0.682. The molecule has 2 atom stereocenters. The molecule has 1 amide bonds. The van der Waals surface area contributed by atoms with Crippen LogP contribution < -0.4 is 4.74 Å². The number of methoxy groups -OCH3 is 1. The molecule has 0 aliphatic carbocycles. The molecule has 29 heavy (non-hydrogen) atoms. The molecular formula is C24H31NO4. The molecule has 5 nitrogen and oxygen atoms in total.